The maximum atomic E-state index is 12.7. The summed E-state index contributed by atoms with van der Waals surface area (Å²) in [7, 11) is 0. The molecule has 1 heterocycles. The van der Waals surface area contributed by atoms with E-state index in [9.17, 15) is 4.79 Å². The van der Waals surface area contributed by atoms with Crippen LogP contribution in [0.25, 0.3) is 0 Å². The fourth-order valence-electron chi connectivity index (χ4n) is 2.99. The van der Waals surface area contributed by atoms with Gasteiger partial charge < -0.3 is 10.1 Å². The number of nitrogens with zero attached hydrogens (tertiary/aromatic N) is 2. The monoisotopic (exact) mass is 445 g/mol. The maximum absolute atomic E-state index is 12.7. The number of nitrogens with one attached hydrogen (secondary N) is 1. The Labute approximate surface area is 187 Å². The van der Waals surface area contributed by atoms with Crippen LogP contribution in [0, 0.1) is 6.92 Å². The first kappa shape index (κ1) is 22.3. The second-order valence-corrected chi connectivity index (χ2v) is 8.12. The minimum atomic E-state index is -0.255. The third kappa shape index (κ3) is 5.63. The molecule has 30 heavy (non-hydrogen) atoms. The van der Waals surface area contributed by atoms with E-state index in [-0.39, 0.29) is 12.0 Å². The van der Waals surface area contributed by atoms with Crippen LogP contribution in [0.3, 0.4) is 0 Å². The van der Waals surface area contributed by atoms with Crippen molar-refractivity contribution in [1.29, 1.82) is 0 Å². The van der Waals surface area contributed by atoms with Gasteiger partial charge in [0.15, 0.2) is 0 Å². The van der Waals surface area contributed by atoms with E-state index >= 15 is 0 Å². The summed E-state index contributed by atoms with van der Waals surface area (Å²) in [6.45, 7) is 7.15. The molecule has 0 unspecified atom stereocenters. The molecule has 1 aromatic heterocycles. The zero-order valence-corrected chi connectivity index (χ0v) is 18.8. The molecule has 0 bridgehead atoms. The molecule has 0 atom stereocenters. The molecule has 0 aliphatic heterocycles. The van der Waals surface area contributed by atoms with Crippen LogP contribution in [0.2, 0.25) is 10.2 Å². The molecule has 1 amide bonds. The molecule has 5 nitrogen and oxygen atoms in total. The maximum Gasteiger partial charge on any atom is 0.256 e. The number of aromatic nitrogens is 2. The summed E-state index contributed by atoms with van der Waals surface area (Å²) < 4.78 is 7.19. The number of halogens is 2. The Morgan fingerprint density at radius 3 is 2.43 bits per heavy atom. The van der Waals surface area contributed by atoms with Crippen molar-refractivity contribution in [2.24, 2.45) is 0 Å². The van der Waals surface area contributed by atoms with Crippen LogP contribution < -0.4 is 5.32 Å². The van der Waals surface area contributed by atoms with Crippen molar-refractivity contribution in [2.75, 3.05) is 0 Å². The number of carbonyl (C=O) groups excluding carboxylic acids is 1. The van der Waals surface area contributed by atoms with Crippen molar-refractivity contribution in [2.45, 2.75) is 46.6 Å². The molecule has 2 aromatic carbocycles. The van der Waals surface area contributed by atoms with Gasteiger partial charge in [0.05, 0.1) is 30.5 Å². The highest BCUT2D eigenvalue weighted by atomic mass is 35.5. The number of hydrogen-bond donors (Lipinski definition) is 1. The number of amides is 1. The zero-order chi connectivity index (χ0) is 21.7. The van der Waals surface area contributed by atoms with Crippen LogP contribution in [0.15, 0.2) is 48.5 Å². The molecule has 3 aromatic rings. The second kappa shape index (κ2) is 10.1. The Balaban J connectivity index is 1.64. The van der Waals surface area contributed by atoms with Crippen LogP contribution in [0.1, 0.15) is 46.6 Å². The average Bonchev–Trinajstić information content (AvgIpc) is 3.00. The summed E-state index contributed by atoms with van der Waals surface area (Å²) >= 11 is 12.7. The highest BCUT2D eigenvalue weighted by Gasteiger charge is 2.20. The molecule has 0 spiro atoms. The molecule has 7 heteroatoms. The Kier molecular flexibility index (Phi) is 7.53. The number of hydrogen-bond acceptors (Lipinski definition) is 3. The van der Waals surface area contributed by atoms with E-state index in [1.807, 2.05) is 62.4 Å². The molecule has 0 saturated heterocycles. The van der Waals surface area contributed by atoms with Gasteiger partial charge in [0.25, 0.3) is 5.91 Å². The third-order valence-electron chi connectivity index (χ3n) is 4.63. The third-order valence-corrected chi connectivity index (χ3v) is 5.38. The summed E-state index contributed by atoms with van der Waals surface area (Å²) in [6, 6.07) is 15.5. The van der Waals surface area contributed by atoms with E-state index < -0.39 is 0 Å². The van der Waals surface area contributed by atoms with Crippen LogP contribution in [0.4, 0.5) is 0 Å². The lowest BCUT2D eigenvalue weighted by molar-refractivity contribution is 0.0657. The topological polar surface area (TPSA) is 56.2 Å². The van der Waals surface area contributed by atoms with Gasteiger partial charge in [-0.25, -0.2) is 4.68 Å². The van der Waals surface area contributed by atoms with Crippen molar-refractivity contribution in [1.82, 2.24) is 15.1 Å². The van der Waals surface area contributed by atoms with E-state index in [4.69, 9.17) is 27.9 Å². The van der Waals surface area contributed by atoms with Gasteiger partial charge in [-0.1, -0.05) is 65.7 Å². The van der Waals surface area contributed by atoms with Crippen molar-refractivity contribution < 1.29 is 9.53 Å². The van der Waals surface area contributed by atoms with Gasteiger partial charge in [-0.15, -0.1) is 0 Å². The first-order chi connectivity index (χ1) is 14.3. The highest BCUT2D eigenvalue weighted by molar-refractivity contribution is 6.33. The van der Waals surface area contributed by atoms with Crippen molar-refractivity contribution in [3.05, 3.63) is 86.7 Å². The summed E-state index contributed by atoms with van der Waals surface area (Å²) in [5.74, 6) is -0.255. The first-order valence-electron chi connectivity index (χ1n) is 9.79. The van der Waals surface area contributed by atoms with Gasteiger partial charge in [0, 0.05) is 11.6 Å². The molecule has 3 rings (SSSR count). The lowest BCUT2D eigenvalue weighted by atomic mass is 10.1. The number of ether oxygens (including phenoxy) is 1. The summed E-state index contributed by atoms with van der Waals surface area (Å²) in [4.78, 5) is 12.7. The molecule has 0 radical (unpaired) electrons. The standard InChI is InChI=1S/C23H25Cl2N3O2/c1-15(2)30-14-18-10-8-17(9-11-18)12-26-23(29)21-16(3)27-28(22(21)25)13-19-6-4-5-7-20(19)24/h4-11,15H,12-14H2,1-3H3,(H,26,29). The van der Waals surface area contributed by atoms with Gasteiger partial charge in [0.2, 0.25) is 0 Å². The summed E-state index contributed by atoms with van der Waals surface area (Å²) in [6.07, 6.45) is 0.191. The van der Waals surface area contributed by atoms with E-state index in [0.717, 1.165) is 16.7 Å². The van der Waals surface area contributed by atoms with Crippen molar-refractivity contribution in [3.63, 3.8) is 0 Å². The van der Waals surface area contributed by atoms with Crippen LogP contribution in [0.5, 0.6) is 0 Å². The number of rotatable bonds is 8. The van der Waals surface area contributed by atoms with E-state index in [2.05, 4.69) is 10.4 Å². The molecular formula is C23H25Cl2N3O2. The predicted molar refractivity (Wildman–Crippen MR) is 120 cm³/mol. The van der Waals surface area contributed by atoms with Crippen molar-refractivity contribution in [3.8, 4) is 0 Å². The normalized spacial score (nSPS) is 11.1. The number of benzene rings is 2. The van der Waals surface area contributed by atoms with Crippen LogP contribution >= 0.6 is 23.2 Å². The SMILES string of the molecule is Cc1nn(Cc2ccccc2Cl)c(Cl)c1C(=O)NCc1ccc(COC(C)C)cc1. The fraction of sp³-hybridized carbons (Fsp3) is 0.304. The second-order valence-electron chi connectivity index (χ2n) is 7.36. The Hall–Kier alpha value is -2.34. The molecule has 0 saturated carbocycles. The molecule has 1 N–H and O–H groups in total. The fourth-order valence-corrected chi connectivity index (χ4v) is 3.51. The van der Waals surface area contributed by atoms with Crippen LogP contribution in [-0.4, -0.2) is 21.8 Å². The zero-order valence-electron chi connectivity index (χ0n) is 17.3. The largest absolute Gasteiger partial charge is 0.374 e. The van der Waals surface area contributed by atoms with E-state index in [1.54, 1.807) is 11.6 Å². The Bertz CT molecular complexity index is 1010. The number of aryl methyl sites for hydroxylation is 1. The van der Waals surface area contributed by atoms with Crippen LogP contribution in [-0.2, 0) is 24.4 Å². The molecule has 0 aliphatic rings. The smallest absolute Gasteiger partial charge is 0.256 e. The highest BCUT2D eigenvalue weighted by Crippen LogP contribution is 2.23. The van der Waals surface area contributed by atoms with Gasteiger partial charge in [-0.05, 0) is 43.5 Å². The van der Waals surface area contributed by atoms with Gasteiger partial charge >= 0.3 is 0 Å². The molecule has 0 aliphatic carbocycles. The predicted octanol–water partition coefficient (Wildman–Crippen LogP) is 5.40. The van der Waals surface area contributed by atoms with Gasteiger partial charge in [-0.2, -0.15) is 5.10 Å². The lowest BCUT2D eigenvalue weighted by Gasteiger charge is -2.09. The Morgan fingerprint density at radius 2 is 1.77 bits per heavy atom. The Morgan fingerprint density at radius 1 is 1.10 bits per heavy atom. The number of carbonyl (C=O) groups is 1. The van der Waals surface area contributed by atoms with Gasteiger partial charge in [-0.3, -0.25) is 4.79 Å². The minimum absolute atomic E-state index is 0.191. The van der Waals surface area contributed by atoms with E-state index in [1.165, 1.54) is 0 Å². The average molecular weight is 446 g/mol. The minimum Gasteiger partial charge on any atom is -0.374 e. The molecule has 158 valence electrons. The van der Waals surface area contributed by atoms with Gasteiger partial charge in [0.1, 0.15) is 5.15 Å². The first-order valence-corrected chi connectivity index (χ1v) is 10.5. The summed E-state index contributed by atoms with van der Waals surface area (Å²) in [5.41, 5.74) is 3.93. The van der Waals surface area contributed by atoms with E-state index in [0.29, 0.717) is 41.1 Å². The summed E-state index contributed by atoms with van der Waals surface area (Å²) in [5, 5.41) is 8.27. The lowest BCUT2D eigenvalue weighted by Crippen LogP contribution is -2.23. The molecule has 0 fully saturated rings. The van der Waals surface area contributed by atoms with Crippen molar-refractivity contribution >= 4 is 29.1 Å². The quantitative estimate of drug-likeness (QED) is 0.504. The molecular weight excluding hydrogens is 421 g/mol.